The Labute approximate surface area is 242 Å². The summed E-state index contributed by atoms with van der Waals surface area (Å²) in [6.45, 7) is 8.20. The predicted molar refractivity (Wildman–Crippen MR) is 165 cm³/mol. The second kappa shape index (κ2) is 17.4. The number of carbonyl (C=O) groups is 1. The van der Waals surface area contributed by atoms with Crippen LogP contribution in [0.15, 0.2) is 54.6 Å². The molecule has 0 radical (unpaired) electrons. The van der Waals surface area contributed by atoms with E-state index < -0.39 is 0 Å². The van der Waals surface area contributed by atoms with Crippen LogP contribution in [-0.2, 0) is 17.6 Å². The van der Waals surface area contributed by atoms with Crippen molar-refractivity contribution in [1.82, 2.24) is 0 Å². The SMILES string of the molecule is C=C(C)C(=O)CCCCc1cc(C2CCC(c3ccc(CCCCC)cc3)CC2)ccc1OCCC(CO)CO. The number of Topliss-reactive ketones (excluding diaryl/α,β-unsaturated/α-hetero) is 1. The van der Waals surface area contributed by atoms with Crippen LogP contribution in [0.25, 0.3) is 0 Å². The van der Waals surface area contributed by atoms with Crippen LogP contribution >= 0.6 is 0 Å². The molecule has 2 aromatic rings. The molecule has 0 atom stereocenters. The van der Waals surface area contributed by atoms with Gasteiger partial charge in [0.05, 0.1) is 6.61 Å². The molecular formula is C36H52O4. The largest absolute Gasteiger partial charge is 0.493 e. The number of carbonyl (C=O) groups excluding carboxylic acids is 1. The van der Waals surface area contributed by atoms with Gasteiger partial charge in [-0.25, -0.2) is 0 Å². The molecule has 2 aromatic carbocycles. The number of benzene rings is 2. The maximum atomic E-state index is 12.0. The summed E-state index contributed by atoms with van der Waals surface area (Å²) in [6.07, 6.45) is 13.7. The summed E-state index contributed by atoms with van der Waals surface area (Å²) < 4.78 is 6.14. The summed E-state index contributed by atoms with van der Waals surface area (Å²) in [5, 5.41) is 18.8. The van der Waals surface area contributed by atoms with Crippen molar-refractivity contribution in [2.75, 3.05) is 19.8 Å². The van der Waals surface area contributed by atoms with Crippen LogP contribution in [0.4, 0.5) is 0 Å². The Morgan fingerprint density at radius 2 is 1.52 bits per heavy atom. The molecule has 0 spiro atoms. The van der Waals surface area contributed by atoms with Crippen molar-refractivity contribution in [3.63, 3.8) is 0 Å². The zero-order chi connectivity index (χ0) is 28.7. The Kier molecular flexibility index (Phi) is 14.0. The first-order chi connectivity index (χ1) is 19.4. The van der Waals surface area contributed by atoms with Crippen LogP contribution in [0, 0.1) is 5.92 Å². The van der Waals surface area contributed by atoms with Gasteiger partial charge in [-0.15, -0.1) is 0 Å². The van der Waals surface area contributed by atoms with Crippen LogP contribution in [0.5, 0.6) is 5.75 Å². The second-order valence-electron chi connectivity index (χ2n) is 11.9. The number of aryl methyl sites for hydroxylation is 2. The number of allylic oxidation sites excluding steroid dienone is 1. The van der Waals surface area contributed by atoms with Gasteiger partial charge in [0, 0.05) is 25.6 Å². The van der Waals surface area contributed by atoms with Gasteiger partial charge in [0.1, 0.15) is 5.75 Å². The van der Waals surface area contributed by atoms with E-state index in [1.54, 1.807) is 6.92 Å². The molecule has 0 bridgehead atoms. The van der Waals surface area contributed by atoms with Gasteiger partial charge >= 0.3 is 0 Å². The fourth-order valence-corrected chi connectivity index (χ4v) is 5.88. The smallest absolute Gasteiger partial charge is 0.157 e. The standard InChI is InChI=1S/C36H52O4/c1-4-5-6-9-28-12-14-30(15-13-28)31-16-18-32(19-17-31)33-20-21-36(40-23-22-29(25-37)26-38)34(24-33)10-7-8-11-35(39)27(2)3/h12-15,20-21,24,29,31-32,37-38H,2,4-11,16-19,22-23,25-26H2,1,3H3. The molecule has 1 fully saturated rings. The number of ether oxygens (including phenoxy) is 1. The first-order valence-corrected chi connectivity index (χ1v) is 15.7. The molecule has 0 unspecified atom stereocenters. The molecule has 0 aliphatic heterocycles. The zero-order valence-electron chi connectivity index (χ0n) is 25.0. The third-order valence-electron chi connectivity index (χ3n) is 8.68. The average Bonchev–Trinajstić information content (AvgIpc) is 2.98. The molecule has 4 nitrogen and oxygen atoms in total. The lowest BCUT2D eigenvalue weighted by Gasteiger charge is -2.30. The van der Waals surface area contributed by atoms with E-state index in [1.807, 2.05) is 0 Å². The van der Waals surface area contributed by atoms with Gasteiger partial charge in [0.15, 0.2) is 5.78 Å². The van der Waals surface area contributed by atoms with E-state index in [9.17, 15) is 15.0 Å². The third-order valence-corrected chi connectivity index (χ3v) is 8.68. The van der Waals surface area contributed by atoms with E-state index in [0.29, 0.717) is 36.9 Å². The average molecular weight is 549 g/mol. The highest BCUT2D eigenvalue weighted by molar-refractivity contribution is 5.93. The lowest BCUT2D eigenvalue weighted by Crippen LogP contribution is -2.15. The number of aliphatic hydroxyl groups is 2. The summed E-state index contributed by atoms with van der Waals surface area (Å²) in [7, 11) is 0. The van der Waals surface area contributed by atoms with Gasteiger partial charge in [-0.2, -0.15) is 0 Å². The topological polar surface area (TPSA) is 66.8 Å². The third kappa shape index (κ3) is 10.2. The van der Waals surface area contributed by atoms with E-state index in [0.717, 1.165) is 25.0 Å². The summed E-state index contributed by atoms with van der Waals surface area (Å²) in [4.78, 5) is 12.0. The molecule has 220 valence electrons. The Morgan fingerprint density at radius 3 is 2.15 bits per heavy atom. The van der Waals surface area contributed by atoms with E-state index in [4.69, 9.17) is 4.74 Å². The van der Waals surface area contributed by atoms with Gasteiger partial charge in [-0.3, -0.25) is 4.79 Å². The minimum Gasteiger partial charge on any atom is -0.493 e. The fraction of sp³-hybridized carbons (Fsp3) is 0.583. The van der Waals surface area contributed by atoms with Crippen molar-refractivity contribution >= 4 is 5.78 Å². The van der Waals surface area contributed by atoms with Gasteiger partial charge in [-0.1, -0.05) is 62.7 Å². The Hall–Kier alpha value is -2.43. The van der Waals surface area contributed by atoms with Crippen molar-refractivity contribution < 1.29 is 19.7 Å². The number of hydrogen-bond donors (Lipinski definition) is 2. The lowest BCUT2D eigenvalue weighted by atomic mass is 9.76. The second-order valence-corrected chi connectivity index (χ2v) is 11.9. The number of hydrogen-bond acceptors (Lipinski definition) is 4. The summed E-state index contributed by atoms with van der Waals surface area (Å²) in [6, 6.07) is 16.1. The first kappa shape index (κ1) is 32.1. The van der Waals surface area contributed by atoms with Crippen LogP contribution in [0.1, 0.15) is 119 Å². The molecule has 1 aliphatic rings. The molecule has 0 heterocycles. The van der Waals surface area contributed by atoms with Crippen molar-refractivity contribution in [2.24, 2.45) is 5.92 Å². The van der Waals surface area contributed by atoms with Crippen LogP contribution < -0.4 is 4.74 Å². The Morgan fingerprint density at radius 1 is 0.900 bits per heavy atom. The first-order valence-electron chi connectivity index (χ1n) is 15.7. The van der Waals surface area contributed by atoms with E-state index in [-0.39, 0.29) is 24.9 Å². The van der Waals surface area contributed by atoms with Gasteiger partial charge in [-0.05, 0) is 117 Å². The highest BCUT2D eigenvalue weighted by Gasteiger charge is 2.24. The Balaban J connectivity index is 1.60. The zero-order valence-corrected chi connectivity index (χ0v) is 25.0. The minimum atomic E-state index is -0.150. The fourth-order valence-electron chi connectivity index (χ4n) is 5.88. The molecule has 1 aliphatic carbocycles. The number of unbranched alkanes of at least 4 members (excludes halogenated alkanes) is 3. The minimum absolute atomic E-state index is 0.0336. The van der Waals surface area contributed by atoms with Crippen molar-refractivity contribution in [3.8, 4) is 5.75 Å². The number of rotatable bonds is 18. The van der Waals surface area contributed by atoms with E-state index >= 15 is 0 Å². The van der Waals surface area contributed by atoms with Crippen molar-refractivity contribution in [2.45, 2.75) is 109 Å². The maximum Gasteiger partial charge on any atom is 0.157 e. The monoisotopic (exact) mass is 548 g/mol. The van der Waals surface area contributed by atoms with Crippen LogP contribution in [0.3, 0.4) is 0 Å². The van der Waals surface area contributed by atoms with Gasteiger partial charge < -0.3 is 14.9 Å². The highest BCUT2D eigenvalue weighted by atomic mass is 16.5. The summed E-state index contributed by atoms with van der Waals surface area (Å²) >= 11 is 0. The summed E-state index contributed by atoms with van der Waals surface area (Å²) in [5.74, 6) is 2.10. The molecule has 2 N–H and O–H groups in total. The predicted octanol–water partition coefficient (Wildman–Crippen LogP) is 8.09. The molecule has 1 saturated carbocycles. The normalized spacial score (nSPS) is 17.2. The van der Waals surface area contributed by atoms with E-state index in [1.165, 1.54) is 73.6 Å². The maximum absolute atomic E-state index is 12.0. The van der Waals surface area contributed by atoms with Crippen LogP contribution in [-0.4, -0.2) is 35.8 Å². The molecule has 0 saturated heterocycles. The molecule has 40 heavy (non-hydrogen) atoms. The molecular weight excluding hydrogens is 496 g/mol. The summed E-state index contributed by atoms with van der Waals surface area (Å²) in [5.41, 5.74) is 6.19. The lowest BCUT2D eigenvalue weighted by molar-refractivity contribution is -0.115. The number of ketones is 1. The molecule has 3 rings (SSSR count). The van der Waals surface area contributed by atoms with Crippen molar-refractivity contribution in [3.05, 3.63) is 76.9 Å². The van der Waals surface area contributed by atoms with Gasteiger partial charge in [0.25, 0.3) is 0 Å². The Bertz CT molecular complexity index is 1030. The molecule has 4 heteroatoms. The van der Waals surface area contributed by atoms with E-state index in [2.05, 4.69) is 56.0 Å². The highest BCUT2D eigenvalue weighted by Crippen LogP contribution is 2.41. The molecule has 0 amide bonds. The number of aliphatic hydroxyl groups excluding tert-OH is 2. The van der Waals surface area contributed by atoms with Crippen LogP contribution in [0.2, 0.25) is 0 Å². The molecule has 0 aromatic heterocycles. The van der Waals surface area contributed by atoms with Gasteiger partial charge in [0.2, 0.25) is 0 Å². The van der Waals surface area contributed by atoms with Crippen molar-refractivity contribution in [1.29, 1.82) is 0 Å². The quantitative estimate of drug-likeness (QED) is 0.146.